The van der Waals surface area contributed by atoms with Gasteiger partial charge in [-0.3, -0.25) is 39.7 Å². The third-order valence-electron chi connectivity index (χ3n) is 6.21. The summed E-state index contributed by atoms with van der Waals surface area (Å²) in [6, 6.07) is 4.07. The first-order chi connectivity index (χ1) is 16.2. The number of hydrogen-bond donors (Lipinski definition) is 4. The third-order valence-corrected chi connectivity index (χ3v) is 6.21. The van der Waals surface area contributed by atoms with E-state index in [1.807, 2.05) is 0 Å². The van der Waals surface area contributed by atoms with Crippen molar-refractivity contribution >= 4 is 41.0 Å². The van der Waals surface area contributed by atoms with Gasteiger partial charge in [0.1, 0.15) is 0 Å². The van der Waals surface area contributed by atoms with Crippen molar-refractivity contribution in [1.29, 1.82) is 0 Å². The van der Waals surface area contributed by atoms with Crippen molar-refractivity contribution in [3.8, 4) is 0 Å². The lowest BCUT2D eigenvalue weighted by Gasteiger charge is -2.35. The Morgan fingerprint density at radius 1 is 0.853 bits per heavy atom. The summed E-state index contributed by atoms with van der Waals surface area (Å²) in [7, 11) is 0. The van der Waals surface area contributed by atoms with E-state index in [1.165, 1.54) is 81.8 Å². The lowest BCUT2D eigenvalue weighted by Crippen LogP contribution is -2.69. The summed E-state index contributed by atoms with van der Waals surface area (Å²) in [6.07, 6.45) is 6.81. The molecule has 1 saturated heterocycles. The molecule has 1 aliphatic carbocycles. The number of imide groups is 2. The number of aliphatic hydroxyl groups is 1. The molecule has 0 spiro atoms. The van der Waals surface area contributed by atoms with Crippen molar-refractivity contribution in [2.45, 2.75) is 37.7 Å². The lowest BCUT2D eigenvalue weighted by molar-refractivity contribution is -0.534. The molecule has 11 nitrogen and oxygen atoms in total. The topological polar surface area (TPSA) is 168 Å². The summed E-state index contributed by atoms with van der Waals surface area (Å²) < 4.78 is 2.54. The number of carbonyl (C=O) groups is 5. The van der Waals surface area contributed by atoms with Gasteiger partial charge in [-0.05, 0) is 24.8 Å². The smallest absolute Gasteiger partial charge is 0.328 e. The van der Waals surface area contributed by atoms with E-state index in [-0.39, 0.29) is 11.1 Å². The van der Waals surface area contributed by atoms with E-state index in [4.69, 9.17) is 0 Å². The number of Topliss-reactive ketones (excluding diaryl/α,β-unsaturated/α-hetero) is 2. The van der Waals surface area contributed by atoms with Gasteiger partial charge in [0.25, 0.3) is 17.4 Å². The second-order valence-corrected chi connectivity index (χ2v) is 8.38. The number of barbiturate groups is 1. The fourth-order valence-corrected chi connectivity index (χ4v) is 4.44. The number of hydrogen-bond acceptors (Lipinski definition) is 8. The van der Waals surface area contributed by atoms with Crippen molar-refractivity contribution < 1.29 is 38.8 Å². The van der Waals surface area contributed by atoms with Crippen LogP contribution in [0.3, 0.4) is 0 Å². The van der Waals surface area contributed by atoms with Crippen molar-refractivity contribution in [3.05, 3.63) is 41.0 Å². The number of fused-ring (bicyclic) bond motifs is 1. The Morgan fingerprint density at radius 3 is 2.21 bits per heavy atom. The first-order valence-electron chi connectivity index (χ1n) is 11.1. The van der Waals surface area contributed by atoms with Gasteiger partial charge in [-0.15, -0.1) is 0 Å². The van der Waals surface area contributed by atoms with Crippen molar-refractivity contribution in [3.63, 3.8) is 0 Å². The summed E-state index contributed by atoms with van der Waals surface area (Å²) >= 11 is 0. The van der Waals surface area contributed by atoms with Crippen LogP contribution in [0, 0.1) is 0 Å². The summed E-state index contributed by atoms with van der Waals surface area (Å²) in [5, 5.41) is 29.4. The standard InChI is InChI=1S/C14H8N2O7.C9H16N2/c17-8-5-3-1-2-4-6(5)9(18)10(19)7(8)14(23)11(20)15-13(22)16-12(14)21;1-2-5-9-10-6-4-8-11(9)7-3-1/h1-4,17,23H,(H2,15,16,20,21,22);1-8H2. The van der Waals surface area contributed by atoms with Gasteiger partial charge in [0.15, 0.2) is 0 Å². The van der Waals surface area contributed by atoms with Crippen LogP contribution < -0.4 is 21.1 Å². The highest BCUT2D eigenvalue weighted by Crippen LogP contribution is 2.33. The minimum atomic E-state index is -3.26. The van der Waals surface area contributed by atoms with Crippen LogP contribution in [0.2, 0.25) is 0 Å². The maximum absolute atomic E-state index is 12.4. The molecule has 34 heavy (non-hydrogen) atoms. The Bertz CT molecular complexity index is 1130. The zero-order valence-electron chi connectivity index (χ0n) is 18.3. The Balaban J connectivity index is 0.000000207. The maximum Gasteiger partial charge on any atom is 0.328 e. The highest BCUT2D eigenvalue weighted by Gasteiger charge is 2.56. The molecule has 0 atom stereocenters. The van der Waals surface area contributed by atoms with Crippen molar-refractivity contribution in [2.24, 2.45) is 0 Å². The fraction of sp³-hybridized carbons (Fsp3) is 0.391. The molecule has 0 aromatic heterocycles. The molecule has 11 heteroatoms. The van der Waals surface area contributed by atoms with E-state index in [9.17, 15) is 34.2 Å². The molecule has 0 unspecified atom stereocenters. The molecule has 3 heterocycles. The zero-order chi connectivity index (χ0) is 24.5. The van der Waals surface area contributed by atoms with Gasteiger partial charge in [-0.25, -0.2) is 4.79 Å². The minimum Gasteiger partial charge on any atom is -0.872 e. The molecule has 4 N–H and O–H groups in total. The number of benzene rings is 1. The Morgan fingerprint density at radius 2 is 1.50 bits per heavy atom. The first kappa shape index (κ1) is 23.3. The van der Waals surface area contributed by atoms with Crippen LogP contribution in [0.25, 0.3) is 5.76 Å². The molecule has 0 radical (unpaired) electrons. The molecule has 0 saturated carbocycles. The number of amidine groups is 1. The van der Waals surface area contributed by atoms with Crippen molar-refractivity contribution in [1.82, 2.24) is 16.0 Å². The number of amides is 4. The minimum absolute atomic E-state index is 0.192. The molecule has 1 aromatic carbocycles. The van der Waals surface area contributed by atoms with E-state index in [0.29, 0.717) is 0 Å². The molecule has 1 fully saturated rings. The molecule has 1 aromatic rings. The normalized spacial score (nSPS) is 21.9. The second kappa shape index (κ2) is 9.18. The summed E-state index contributed by atoms with van der Waals surface area (Å²) in [4.78, 5) is 59.0. The number of nitrogens with zero attached hydrogens (tertiary/aromatic N) is 1. The van der Waals surface area contributed by atoms with Crippen molar-refractivity contribution in [2.75, 3.05) is 19.6 Å². The highest BCUT2D eigenvalue weighted by atomic mass is 16.3. The number of urea groups is 1. The largest absolute Gasteiger partial charge is 0.872 e. The first-order valence-corrected chi connectivity index (χ1v) is 11.1. The molecular weight excluding hydrogens is 444 g/mol. The van der Waals surface area contributed by atoms with Gasteiger partial charge in [0.05, 0.1) is 19.6 Å². The Labute approximate surface area is 194 Å². The average Bonchev–Trinajstić information content (AvgIpc) is 3.07. The maximum atomic E-state index is 12.4. The Hall–Kier alpha value is -3.86. The molecule has 3 aliphatic heterocycles. The van der Waals surface area contributed by atoms with E-state index >= 15 is 0 Å². The van der Waals surface area contributed by atoms with Crippen LogP contribution in [-0.2, 0) is 14.4 Å². The van der Waals surface area contributed by atoms with Gasteiger partial charge in [0, 0.05) is 24.0 Å². The number of nitrogens with one attached hydrogen (secondary N) is 3. The van der Waals surface area contributed by atoms with Gasteiger partial charge < -0.3 is 10.2 Å². The summed E-state index contributed by atoms with van der Waals surface area (Å²) in [5.41, 5.74) is -4.88. The Kier molecular flexibility index (Phi) is 6.29. The molecule has 178 valence electrons. The summed E-state index contributed by atoms with van der Waals surface area (Å²) in [5.74, 6) is -5.37. The van der Waals surface area contributed by atoms with Crippen LogP contribution in [0.5, 0.6) is 0 Å². The number of rotatable bonds is 1. The quantitative estimate of drug-likeness (QED) is 0.221. The second-order valence-electron chi connectivity index (χ2n) is 8.38. The molecule has 0 bridgehead atoms. The van der Waals surface area contributed by atoms with E-state index in [2.05, 4.69) is 9.89 Å². The van der Waals surface area contributed by atoms with Crippen LogP contribution in [0.4, 0.5) is 4.79 Å². The molecule has 5 rings (SSSR count). The molecular formula is C23H24N4O7. The van der Waals surface area contributed by atoms with E-state index in [0.717, 1.165) is 0 Å². The SMILES string of the molecule is C1CCC2=[N+](CC1)CCCN2.O=C1NC(=O)C(O)(C2=C([O-])c3ccccc3C(=O)C2=O)C(=O)N1. The van der Waals surface area contributed by atoms with Gasteiger partial charge in [-0.2, -0.15) is 0 Å². The van der Waals surface area contributed by atoms with Gasteiger partial charge in [-0.1, -0.05) is 30.0 Å². The zero-order valence-corrected chi connectivity index (χ0v) is 18.3. The van der Waals surface area contributed by atoms with E-state index in [1.54, 1.807) is 10.6 Å². The number of carbonyl (C=O) groups excluding carboxylic acids is 5. The fourth-order valence-electron chi connectivity index (χ4n) is 4.44. The number of ketones is 2. The van der Waals surface area contributed by atoms with Crippen LogP contribution in [-0.4, -0.2) is 70.2 Å². The monoisotopic (exact) mass is 468 g/mol. The third kappa shape index (κ3) is 3.98. The molecule has 4 amide bonds. The van der Waals surface area contributed by atoms with Gasteiger partial charge in [0.2, 0.25) is 17.4 Å². The predicted molar refractivity (Wildman–Crippen MR) is 115 cm³/mol. The lowest BCUT2D eigenvalue weighted by atomic mass is 9.78. The predicted octanol–water partition coefficient (Wildman–Crippen LogP) is -1.41. The highest BCUT2D eigenvalue weighted by molar-refractivity contribution is 6.54. The summed E-state index contributed by atoms with van der Waals surface area (Å²) in [6.45, 7) is 3.79. The van der Waals surface area contributed by atoms with Crippen LogP contribution in [0.1, 0.15) is 48.0 Å². The van der Waals surface area contributed by atoms with Gasteiger partial charge >= 0.3 is 6.03 Å². The van der Waals surface area contributed by atoms with Crippen LogP contribution in [0.15, 0.2) is 29.8 Å². The molecule has 4 aliphatic rings. The van der Waals surface area contributed by atoms with E-state index < -0.39 is 46.3 Å². The van der Waals surface area contributed by atoms with Crippen LogP contribution >= 0.6 is 0 Å². The average molecular weight is 468 g/mol.